The number of nitrogens with zero attached hydrogens (tertiary/aromatic N) is 4. The second-order valence-corrected chi connectivity index (χ2v) is 9.22. The number of non-ortho nitro benzene ring substituents is 1. The summed E-state index contributed by atoms with van der Waals surface area (Å²) in [6.07, 6.45) is 2.30. The Hall–Kier alpha value is -4.15. The molecule has 0 radical (unpaired) electrons. The van der Waals surface area contributed by atoms with Crippen LogP contribution in [-0.4, -0.2) is 34.9 Å². The topological polar surface area (TPSA) is 165 Å². The third kappa shape index (κ3) is 6.42. The molecule has 1 heterocycles. The molecule has 0 saturated heterocycles. The summed E-state index contributed by atoms with van der Waals surface area (Å²) in [6.45, 7) is 0.205. The molecule has 13 heteroatoms. The zero-order valence-electron chi connectivity index (χ0n) is 17.0. The number of benzene rings is 2. The SMILES string of the molecule is CS(=O)(=O)c1nsc(NC(=O)/C(C#N)=C\c2ccc(OCc3ccc([N+](=O)[O-])cc3)cc2)n1. The average molecular weight is 486 g/mol. The highest BCUT2D eigenvalue weighted by Gasteiger charge is 2.17. The molecule has 0 aliphatic heterocycles. The lowest BCUT2D eigenvalue weighted by molar-refractivity contribution is -0.384. The van der Waals surface area contributed by atoms with Gasteiger partial charge in [-0.3, -0.25) is 20.2 Å². The Labute approximate surface area is 192 Å². The number of hydrogen-bond donors (Lipinski definition) is 1. The quantitative estimate of drug-likeness (QED) is 0.218. The highest BCUT2D eigenvalue weighted by atomic mass is 32.2. The van der Waals surface area contributed by atoms with Crippen LogP contribution in [0.4, 0.5) is 10.8 Å². The molecule has 3 aromatic rings. The first-order valence-corrected chi connectivity index (χ1v) is 11.8. The van der Waals surface area contributed by atoms with Crippen LogP contribution in [0.15, 0.2) is 59.3 Å². The van der Waals surface area contributed by atoms with Gasteiger partial charge in [0.1, 0.15) is 24.0 Å². The van der Waals surface area contributed by atoms with Crippen molar-refractivity contribution in [2.45, 2.75) is 11.8 Å². The number of sulfone groups is 1. The Bertz CT molecular complexity index is 1360. The van der Waals surface area contributed by atoms with Crippen LogP contribution in [0.2, 0.25) is 0 Å². The molecule has 0 saturated carbocycles. The van der Waals surface area contributed by atoms with Gasteiger partial charge >= 0.3 is 0 Å². The molecule has 0 fully saturated rings. The van der Waals surface area contributed by atoms with Crippen molar-refractivity contribution < 1.29 is 22.9 Å². The Balaban J connectivity index is 1.63. The summed E-state index contributed by atoms with van der Waals surface area (Å²) >= 11 is 0.688. The van der Waals surface area contributed by atoms with Crippen LogP contribution in [0.3, 0.4) is 0 Å². The fourth-order valence-electron chi connectivity index (χ4n) is 2.43. The van der Waals surface area contributed by atoms with E-state index < -0.39 is 25.8 Å². The fraction of sp³-hybridized carbons (Fsp3) is 0.100. The highest BCUT2D eigenvalue weighted by Crippen LogP contribution is 2.19. The number of aromatic nitrogens is 2. The van der Waals surface area contributed by atoms with Gasteiger partial charge in [0.05, 0.1) is 4.92 Å². The molecule has 2 aromatic carbocycles. The van der Waals surface area contributed by atoms with Gasteiger partial charge in [0.15, 0.2) is 0 Å². The van der Waals surface area contributed by atoms with Crippen molar-refractivity contribution in [1.29, 1.82) is 5.26 Å². The van der Waals surface area contributed by atoms with E-state index in [-0.39, 0.29) is 23.0 Å². The minimum atomic E-state index is -3.61. The largest absolute Gasteiger partial charge is 0.489 e. The van der Waals surface area contributed by atoms with Gasteiger partial charge in [-0.05, 0) is 41.5 Å². The molecule has 168 valence electrons. The third-order valence-electron chi connectivity index (χ3n) is 4.07. The summed E-state index contributed by atoms with van der Waals surface area (Å²) < 4.78 is 32.1. The van der Waals surface area contributed by atoms with Crippen molar-refractivity contribution in [2.75, 3.05) is 11.6 Å². The maximum Gasteiger partial charge on any atom is 0.269 e. The second-order valence-electron chi connectivity index (χ2n) is 6.56. The van der Waals surface area contributed by atoms with Crippen molar-refractivity contribution >= 4 is 44.2 Å². The number of nitro benzene ring substituents is 1. The van der Waals surface area contributed by atoms with E-state index >= 15 is 0 Å². The number of carbonyl (C=O) groups excluding carboxylic acids is 1. The van der Waals surface area contributed by atoms with Gasteiger partial charge in [-0.15, -0.1) is 0 Å². The molecule has 0 spiro atoms. The van der Waals surface area contributed by atoms with Crippen LogP contribution in [0, 0.1) is 21.4 Å². The van der Waals surface area contributed by atoms with Crippen molar-refractivity contribution in [1.82, 2.24) is 9.36 Å². The van der Waals surface area contributed by atoms with Gasteiger partial charge in [0.2, 0.25) is 15.0 Å². The number of hydrogen-bond acceptors (Lipinski definition) is 10. The molecule has 11 nitrogen and oxygen atoms in total. The fourth-order valence-corrected chi connectivity index (χ4v) is 3.87. The molecular formula is C20H15N5O6S2. The van der Waals surface area contributed by atoms with E-state index in [0.717, 1.165) is 11.8 Å². The number of nitriles is 1. The number of ether oxygens (including phenoxy) is 1. The third-order valence-corrected chi connectivity index (χ3v) is 5.66. The van der Waals surface area contributed by atoms with Gasteiger partial charge in [0, 0.05) is 29.9 Å². The van der Waals surface area contributed by atoms with E-state index in [0.29, 0.717) is 22.8 Å². The van der Waals surface area contributed by atoms with Gasteiger partial charge < -0.3 is 4.74 Å². The second kappa shape index (κ2) is 9.98. The van der Waals surface area contributed by atoms with Gasteiger partial charge in [0.25, 0.3) is 16.8 Å². The van der Waals surface area contributed by atoms with Crippen molar-refractivity contribution in [3.05, 3.63) is 75.3 Å². The van der Waals surface area contributed by atoms with E-state index in [4.69, 9.17) is 4.74 Å². The smallest absolute Gasteiger partial charge is 0.269 e. The number of amides is 1. The van der Waals surface area contributed by atoms with Crippen LogP contribution < -0.4 is 10.1 Å². The van der Waals surface area contributed by atoms with Crippen LogP contribution in [0.25, 0.3) is 6.08 Å². The predicted octanol–water partition coefficient (Wildman–Crippen LogP) is 2.97. The normalized spacial score (nSPS) is 11.5. The maximum absolute atomic E-state index is 12.3. The molecular weight excluding hydrogens is 470 g/mol. The zero-order chi connectivity index (χ0) is 24.0. The summed E-state index contributed by atoms with van der Waals surface area (Å²) in [7, 11) is -3.61. The lowest BCUT2D eigenvalue weighted by Crippen LogP contribution is -2.13. The van der Waals surface area contributed by atoms with E-state index in [1.165, 1.54) is 18.2 Å². The minimum absolute atomic E-state index is 0.00539. The molecule has 1 N–H and O–H groups in total. The van der Waals surface area contributed by atoms with E-state index in [1.54, 1.807) is 42.5 Å². The molecule has 0 aliphatic carbocycles. The van der Waals surface area contributed by atoms with E-state index in [2.05, 4.69) is 14.7 Å². The highest BCUT2D eigenvalue weighted by molar-refractivity contribution is 7.90. The molecule has 3 rings (SSSR count). The summed E-state index contributed by atoms with van der Waals surface area (Å²) in [4.78, 5) is 26.2. The Kier molecular flexibility index (Phi) is 7.11. The van der Waals surface area contributed by atoms with Crippen LogP contribution in [-0.2, 0) is 21.2 Å². The molecule has 0 atom stereocenters. The number of nitro groups is 1. The van der Waals surface area contributed by atoms with Gasteiger partial charge in [-0.2, -0.15) is 14.6 Å². The van der Waals surface area contributed by atoms with Crippen molar-refractivity contribution in [3.8, 4) is 11.8 Å². The average Bonchev–Trinajstić information content (AvgIpc) is 3.26. The number of carbonyl (C=O) groups is 1. The first-order chi connectivity index (χ1) is 15.7. The van der Waals surface area contributed by atoms with Crippen LogP contribution >= 0.6 is 11.5 Å². The van der Waals surface area contributed by atoms with Gasteiger partial charge in [-0.25, -0.2) is 8.42 Å². The lowest BCUT2D eigenvalue weighted by atomic mass is 10.1. The Morgan fingerprint density at radius 1 is 1.24 bits per heavy atom. The summed E-state index contributed by atoms with van der Waals surface area (Å²) in [6, 6.07) is 14.4. The van der Waals surface area contributed by atoms with E-state index in [9.17, 15) is 28.6 Å². The molecule has 1 aromatic heterocycles. The minimum Gasteiger partial charge on any atom is -0.489 e. The molecule has 1 amide bonds. The maximum atomic E-state index is 12.3. The Morgan fingerprint density at radius 2 is 1.91 bits per heavy atom. The summed E-state index contributed by atoms with van der Waals surface area (Å²) in [5.74, 6) is -0.233. The first-order valence-electron chi connectivity index (χ1n) is 9.09. The standard InChI is InChI=1S/C20H15N5O6S2/c1-33(29,30)20-23-19(32-24-20)22-18(26)15(11-21)10-13-4-8-17(9-5-13)31-12-14-2-6-16(7-3-14)25(27)28/h2-10H,12H2,1H3,(H,22,23,24,26)/b15-10-. The molecule has 33 heavy (non-hydrogen) atoms. The molecule has 0 unspecified atom stereocenters. The zero-order valence-corrected chi connectivity index (χ0v) is 18.6. The van der Waals surface area contributed by atoms with E-state index in [1.807, 2.05) is 0 Å². The Morgan fingerprint density at radius 3 is 2.45 bits per heavy atom. The number of rotatable bonds is 8. The summed E-state index contributed by atoms with van der Waals surface area (Å²) in [5.41, 5.74) is 1.09. The van der Waals surface area contributed by atoms with Crippen LogP contribution in [0.1, 0.15) is 11.1 Å². The van der Waals surface area contributed by atoms with Crippen molar-refractivity contribution in [3.63, 3.8) is 0 Å². The van der Waals surface area contributed by atoms with Crippen molar-refractivity contribution in [2.24, 2.45) is 0 Å². The number of anilines is 1. The van der Waals surface area contributed by atoms with Crippen LogP contribution in [0.5, 0.6) is 5.75 Å². The molecule has 0 aliphatic rings. The monoisotopic (exact) mass is 485 g/mol. The number of nitrogens with one attached hydrogen (secondary N) is 1. The first kappa shape index (κ1) is 23.5. The lowest BCUT2D eigenvalue weighted by Gasteiger charge is -2.06. The predicted molar refractivity (Wildman–Crippen MR) is 119 cm³/mol. The van der Waals surface area contributed by atoms with Gasteiger partial charge in [-0.1, -0.05) is 12.1 Å². The molecule has 0 bridgehead atoms. The summed E-state index contributed by atoms with van der Waals surface area (Å²) in [5, 5.41) is 21.9.